The summed E-state index contributed by atoms with van der Waals surface area (Å²) in [6.07, 6.45) is 5.65. The van der Waals surface area contributed by atoms with Crippen molar-refractivity contribution in [2.75, 3.05) is 11.9 Å². The van der Waals surface area contributed by atoms with Crippen LogP contribution in [0.1, 0.15) is 59.3 Å². The zero-order valence-corrected chi connectivity index (χ0v) is 14.8. The number of hydrogen-bond donors (Lipinski definition) is 1. The van der Waals surface area contributed by atoms with Gasteiger partial charge in [-0.1, -0.05) is 15.9 Å². The maximum atomic E-state index is 12.1. The van der Waals surface area contributed by atoms with E-state index in [0.29, 0.717) is 17.7 Å². The van der Waals surface area contributed by atoms with Crippen molar-refractivity contribution in [1.29, 1.82) is 0 Å². The number of alkyl halides is 1. The fourth-order valence-electron chi connectivity index (χ4n) is 3.66. The number of carbonyl (C=O) groups excluding carboxylic acids is 2. The summed E-state index contributed by atoms with van der Waals surface area (Å²) in [4.78, 5) is 23.9. The Morgan fingerprint density at radius 1 is 1.10 bits per heavy atom. The lowest BCUT2D eigenvalue weighted by Crippen LogP contribution is -2.51. The summed E-state index contributed by atoms with van der Waals surface area (Å²) < 4.78 is 5.30. The number of amides is 1. The summed E-state index contributed by atoms with van der Waals surface area (Å²) in [5.74, 6) is 0.357. The summed E-state index contributed by atoms with van der Waals surface area (Å²) in [7, 11) is 0. The highest BCUT2D eigenvalue weighted by Gasteiger charge is 2.51. The zero-order chi connectivity index (χ0) is 15.7. The summed E-state index contributed by atoms with van der Waals surface area (Å²) in [5.41, 5.74) is -0.374. The van der Waals surface area contributed by atoms with Gasteiger partial charge >= 0.3 is 6.09 Å². The standard InChI is InChI=1S/C16H26BrNO3/c1-14(2,3)21-13(20)18-11-15-4-7-16(8-5-15,9-6-15)12(19)10-17/h4-11H2,1-3H3,(H,18,20)/t15-,16+. The van der Waals surface area contributed by atoms with E-state index in [0.717, 1.165) is 38.5 Å². The van der Waals surface area contributed by atoms with Crippen molar-refractivity contribution >= 4 is 27.8 Å². The number of Topliss-reactive ketones (excluding diaryl/α,β-unsaturated/α-hetero) is 1. The Balaban J connectivity index is 1.87. The van der Waals surface area contributed by atoms with Crippen LogP contribution in [0.5, 0.6) is 0 Å². The number of rotatable bonds is 4. The van der Waals surface area contributed by atoms with E-state index in [1.807, 2.05) is 20.8 Å². The molecule has 0 aromatic carbocycles. The number of alkyl carbamates (subject to hydrolysis) is 1. The van der Waals surface area contributed by atoms with Gasteiger partial charge in [-0.3, -0.25) is 4.79 Å². The minimum Gasteiger partial charge on any atom is -0.444 e. The number of hydrogen-bond acceptors (Lipinski definition) is 3. The van der Waals surface area contributed by atoms with Crippen LogP contribution in [0.3, 0.4) is 0 Å². The van der Waals surface area contributed by atoms with E-state index < -0.39 is 5.60 Å². The molecule has 1 N–H and O–H groups in total. The molecule has 0 spiro atoms. The highest BCUT2D eigenvalue weighted by atomic mass is 79.9. The Bertz CT molecular complexity index is 403. The van der Waals surface area contributed by atoms with Crippen LogP contribution in [0.25, 0.3) is 0 Å². The van der Waals surface area contributed by atoms with E-state index in [2.05, 4.69) is 21.2 Å². The third-order valence-corrected chi connectivity index (χ3v) is 5.63. The molecule has 0 aromatic heterocycles. The summed E-state index contributed by atoms with van der Waals surface area (Å²) in [5, 5.41) is 3.39. The van der Waals surface area contributed by atoms with Gasteiger partial charge in [0.15, 0.2) is 0 Å². The Kier molecular flexibility index (Phi) is 4.72. The van der Waals surface area contributed by atoms with Crippen LogP contribution in [0.4, 0.5) is 4.79 Å². The molecule has 120 valence electrons. The van der Waals surface area contributed by atoms with Crippen LogP contribution in [0, 0.1) is 10.8 Å². The van der Waals surface area contributed by atoms with Crippen LogP contribution < -0.4 is 5.32 Å². The van der Waals surface area contributed by atoms with Crippen molar-refractivity contribution in [2.45, 2.75) is 64.9 Å². The van der Waals surface area contributed by atoms with Gasteiger partial charge in [-0.15, -0.1) is 0 Å². The fourth-order valence-corrected chi connectivity index (χ4v) is 4.26. The van der Waals surface area contributed by atoms with Crippen molar-refractivity contribution < 1.29 is 14.3 Å². The lowest BCUT2D eigenvalue weighted by Gasteiger charge is -2.52. The predicted molar refractivity (Wildman–Crippen MR) is 85.6 cm³/mol. The molecule has 0 radical (unpaired) electrons. The van der Waals surface area contributed by atoms with Crippen molar-refractivity contribution in [3.8, 4) is 0 Å². The molecule has 3 aliphatic carbocycles. The summed E-state index contributed by atoms with van der Waals surface area (Å²) in [6.45, 7) is 6.27. The van der Waals surface area contributed by atoms with Gasteiger partial charge in [-0.25, -0.2) is 4.79 Å². The molecule has 0 heterocycles. The second kappa shape index (κ2) is 5.90. The average molecular weight is 360 g/mol. The van der Waals surface area contributed by atoms with Gasteiger partial charge in [-0.2, -0.15) is 0 Å². The third kappa shape index (κ3) is 3.79. The molecule has 3 aliphatic rings. The van der Waals surface area contributed by atoms with Gasteiger partial charge in [0.2, 0.25) is 0 Å². The highest BCUT2D eigenvalue weighted by molar-refractivity contribution is 9.09. The van der Waals surface area contributed by atoms with Gasteiger partial charge in [0, 0.05) is 12.0 Å². The third-order valence-electron chi connectivity index (χ3n) is 5.12. The van der Waals surface area contributed by atoms with Crippen LogP contribution in [0.15, 0.2) is 0 Å². The molecule has 2 bridgehead atoms. The average Bonchev–Trinajstić information content (AvgIpc) is 2.44. The molecule has 4 nitrogen and oxygen atoms in total. The first-order valence-electron chi connectivity index (χ1n) is 7.77. The zero-order valence-electron chi connectivity index (χ0n) is 13.3. The highest BCUT2D eigenvalue weighted by Crippen LogP contribution is 2.57. The molecule has 3 saturated carbocycles. The van der Waals surface area contributed by atoms with Crippen LogP contribution in [-0.2, 0) is 9.53 Å². The number of ether oxygens (including phenoxy) is 1. The predicted octanol–water partition coefficient (Wildman–Crippen LogP) is 3.82. The largest absolute Gasteiger partial charge is 0.444 e. The maximum Gasteiger partial charge on any atom is 0.407 e. The van der Waals surface area contributed by atoms with E-state index in [9.17, 15) is 9.59 Å². The molecular weight excluding hydrogens is 334 g/mol. The van der Waals surface area contributed by atoms with Crippen molar-refractivity contribution in [2.24, 2.45) is 10.8 Å². The lowest BCUT2D eigenvalue weighted by atomic mass is 9.52. The van der Waals surface area contributed by atoms with Crippen LogP contribution >= 0.6 is 15.9 Å². The Morgan fingerprint density at radius 2 is 1.62 bits per heavy atom. The Hall–Kier alpha value is -0.580. The molecule has 5 heteroatoms. The first-order chi connectivity index (χ1) is 9.70. The SMILES string of the molecule is CC(C)(C)OC(=O)NC[C@]12CC[C@](C(=O)CBr)(CC1)CC2. The van der Waals surface area contributed by atoms with E-state index >= 15 is 0 Å². The molecule has 0 aliphatic heterocycles. The smallest absolute Gasteiger partial charge is 0.407 e. The summed E-state index contributed by atoms with van der Waals surface area (Å²) in [6, 6.07) is 0. The number of halogens is 1. The molecule has 3 rings (SSSR count). The van der Waals surface area contributed by atoms with Crippen molar-refractivity contribution in [1.82, 2.24) is 5.32 Å². The molecule has 0 saturated heterocycles. The number of fused-ring (bicyclic) bond motifs is 3. The molecular formula is C16H26BrNO3. The van der Waals surface area contributed by atoms with Crippen LogP contribution in [0.2, 0.25) is 0 Å². The number of ketones is 1. The minimum absolute atomic E-state index is 0.0861. The van der Waals surface area contributed by atoms with E-state index in [1.54, 1.807) is 0 Å². The van der Waals surface area contributed by atoms with E-state index in [4.69, 9.17) is 4.74 Å². The van der Waals surface area contributed by atoms with Gasteiger partial charge in [0.05, 0.1) is 5.33 Å². The fraction of sp³-hybridized carbons (Fsp3) is 0.875. The molecule has 0 atom stereocenters. The van der Waals surface area contributed by atoms with Gasteiger partial charge in [0.25, 0.3) is 0 Å². The second-order valence-electron chi connectivity index (χ2n) is 7.69. The minimum atomic E-state index is -0.460. The maximum absolute atomic E-state index is 12.1. The quantitative estimate of drug-likeness (QED) is 0.776. The monoisotopic (exact) mass is 359 g/mol. The van der Waals surface area contributed by atoms with E-state index in [1.165, 1.54) is 0 Å². The first-order valence-corrected chi connectivity index (χ1v) is 8.89. The normalized spacial score (nSPS) is 31.8. The van der Waals surface area contributed by atoms with Crippen LogP contribution in [-0.4, -0.2) is 29.4 Å². The van der Waals surface area contributed by atoms with Gasteiger partial charge in [0.1, 0.15) is 11.4 Å². The molecule has 21 heavy (non-hydrogen) atoms. The first kappa shape index (κ1) is 16.8. The molecule has 1 amide bonds. The van der Waals surface area contributed by atoms with Crippen molar-refractivity contribution in [3.05, 3.63) is 0 Å². The molecule has 0 unspecified atom stereocenters. The molecule has 0 aromatic rings. The van der Waals surface area contributed by atoms with E-state index in [-0.39, 0.29) is 16.9 Å². The number of nitrogens with one attached hydrogen (secondary N) is 1. The topological polar surface area (TPSA) is 55.4 Å². The second-order valence-corrected chi connectivity index (χ2v) is 8.25. The number of carbonyl (C=O) groups is 2. The summed E-state index contributed by atoms with van der Waals surface area (Å²) >= 11 is 3.31. The van der Waals surface area contributed by atoms with Crippen molar-refractivity contribution in [3.63, 3.8) is 0 Å². The van der Waals surface area contributed by atoms with Gasteiger partial charge < -0.3 is 10.1 Å². The molecule has 3 fully saturated rings. The van der Waals surface area contributed by atoms with Gasteiger partial charge in [-0.05, 0) is 64.7 Å². The Morgan fingerprint density at radius 3 is 2.05 bits per heavy atom. The lowest BCUT2D eigenvalue weighted by molar-refractivity contribution is -0.135. The Labute approximate surface area is 135 Å².